The number of aromatic carboxylic acids is 1. The zero-order valence-corrected chi connectivity index (χ0v) is 12.9. The first-order valence-corrected chi connectivity index (χ1v) is 7.57. The number of carboxylic acid groups (broad SMARTS) is 1. The van der Waals surface area contributed by atoms with E-state index < -0.39 is 5.97 Å². The zero-order chi connectivity index (χ0) is 17.4. The summed E-state index contributed by atoms with van der Waals surface area (Å²) in [6.07, 6.45) is 1.58. The van der Waals surface area contributed by atoms with Gasteiger partial charge in [-0.25, -0.2) is 18.7 Å². The predicted octanol–water partition coefficient (Wildman–Crippen LogP) is 3.90. The Labute approximate surface area is 142 Å². The summed E-state index contributed by atoms with van der Waals surface area (Å²) in [7, 11) is 0. The maximum absolute atomic E-state index is 14.3. The minimum atomic E-state index is -1.13. The molecule has 0 aliphatic heterocycles. The van der Waals surface area contributed by atoms with Gasteiger partial charge in [0.25, 0.3) is 0 Å². The van der Waals surface area contributed by atoms with Gasteiger partial charge < -0.3 is 5.11 Å². The largest absolute Gasteiger partial charge is 0.476 e. The number of rotatable bonds is 3. The highest BCUT2D eigenvalue weighted by atomic mass is 19.1. The second kappa shape index (κ2) is 5.83. The lowest BCUT2D eigenvalue weighted by Crippen LogP contribution is -2.00. The van der Waals surface area contributed by atoms with Gasteiger partial charge >= 0.3 is 5.97 Å². The monoisotopic (exact) mass is 333 g/mol. The molecular formula is C19H12FN3O2. The number of halogens is 1. The van der Waals surface area contributed by atoms with Gasteiger partial charge in [-0.1, -0.05) is 42.5 Å². The van der Waals surface area contributed by atoms with E-state index in [0.717, 1.165) is 5.56 Å². The third-order valence-corrected chi connectivity index (χ3v) is 3.94. The van der Waals surface area contributed by atoms with Crippen LogP contribution in [0.25, 0.3) is 28.0 Å². The molecule has 0 aliphatic carbocycles. The molecule has 0 unspecified atom stereocenters. The predicted molar refractivity (Wildman–Crippen MR) is 90.8 cm³/mol. The normalized spacial score (nSPS) is 10.9. The van der Waals surface area contributed by atoms with Crippen molar-refractivity contribution in [3.63, 3.8) is 0 Å². The molecule has 0 amide bonds. The van der Waals surface area contributed by atoms with Crippen molar-refractivity contribution in [1.82, 2.24) is 14.6 Å². The van der Waals surface area contributed by atoms with Crippen LogP contribution in [0, 0.1) is 5.82 Å². The number of nitrogens with zero attached hydrogens (tertiary/aromatic N) is 3. The highest BCUT2D eigenvalue weighted by Gasteiger charge is 2.16. The van der Waals surface area contributed by atoms with Gasteiger partial charge in [-0.15, -0.1) is 0 Å². The van der Waals surface area contributed by atoms with E-state index in [1.807, 2.05) is 24.3 Å². The van der Waals surface area contributed by atoms with Crippen molar-refractivity contribution >= 4 is 11.6 Å². The van der Waals surface area contributed by atoms with Crippen LogP contribution >= 0.6 is 0 Å². The summed E-state index contributed by atoms with van der Waals surface area (Å²) < 4.78 is 15.7. The fourth-order valence-electron chi connectivity index (χ4n) is 2.82. The molecule has 5 nitrogen and oxygen atoms in total. The van der Waals surface area contributed by atoms with Gasteiger partial charge in [0.2, 0.25) is 0 Å². The molecule has 122 valence electrons. The van der Waals surface area contributed by atoms with Crippen molar-refractivity contribution in [3.8, 4) is 22.4 Å². The summed E-state index contributed by atoms with van der Waals surface area (Å²) in [4.78, 5) is 15.4. The highest BCUT2D eigenvalue weighted by molar-refractivity contribution is 5.87. The van der Waals surface area contributed by atoms with Crippen molar-refractivity contribution < 1.29 is 14.3 Å². The summed E-state index contributed by atoms with van der Waals surface area (Å²) in [5.41, 5.74) is 2.85. The van der Waals surface area contributed by atoms with E-state index in [-0.39, 0.29) is 11.5 Å². The highest BCUT2D eigenvalue weighted by Crippen LogP contribution is 2.33. The van der Waals surface area contributed by atoms with Crippen LogP contribution in [-0.4, -0.2) is 25.7 Å². The van der Waals surface area contributed by atoms with Crippen LogP contribution in [0.5, 0.6) is 0 Å². The molecule has 4 aromatic rings. The molecule has 25 heavy (non-hydrogen) atoms. The standard InChI is InChI=1S/C19H12FN3O2/c20-15-8-4-3-6-13(15)12-5-1-2-7-14(12)17-9-10-21-18-11-16(19(24)25)22-23(17)18/h1-11H,(H,24,25). The Morgan fingerprint density at radius 3 is 2.36 bits per heavy atom. The topological polar surface area (TPSA) is 67.5 Å². The number of hydrogen-bond acceptors (Lipinski definition) is 3. The molecular weight excluding hydrogens is 321 g/mol. The van der Waals surface area contributed by atoms with Gasteiger partial charge in [0.1, 0.15) is 5.82 Å². The summed E-state index contributed by atoms with van der Waals surface area (Å²) in [5, 5.41) is 13.3. The van der Waals surface area contributed by atoms with Crippen molar-refractivity contribution in [2.45, 2.75) is 0 Å². The molecule has 0 saturated carbocycles. The van der Waals surface area contributed by atoms with Gasteiger partial charge in [-0.3, -0.25) is 0 Å². The van der Waals surface area contributed by atoms with E-state index in [9.17, 15) is 9.18 Å². The Bertz CT molecular complexity index is 1100. The van der Waals surface area contributed by atoms with E-state index in [0.29, 0.717) is 22.5 Å². The van der Waals surface area contributed by atoms with E-state index in [4.69, 9.17) is 5.11 Å². The van der Waals surface area contributed by atoms with Gasteiger partial charge in [-0.2, -0.15) is 5.10 Å². The average Bonchev–Trinajstić information content (AvgIpc) is 3.07. The minimum Gasteiger partial charge on any atom is -0.476 e. The smallest absolute Gasteiger partial charge is 0.356 e. The Kier molecular flexibility index (Phi) is 3.50. The number of carboxylic acids is 1. The number of carbonyl (C=O) groups is 1. The van der Waals surface area contributed by atoms with Crippen molar-refractivity contribution in [3.05, 3.63) is 78.4 Å². The molecule has 6 heteroatoms. The Morgan fingerprint density at radius 1 is 0.960 bits per heavy atom. The quantitative estimate of drug-likeness (QED) is 0.617. The van der Waals surface area contributed by atoms with Gasteiger partial charge in [0, 0.05) is 23.4 Å². The van der Waals surface area contributed by atoms with Gasteiger partial charge in [0.05, 0.1) is 5.69 Å². The molecule has 0 bridgehead atoms. The SMILES string of the molecule is O=C(O)c1cc2nccc(-c3ccccc3-c3ccccc3F)n2n1. The molecule has 0 aliphatic rings. The molecule has 2 aromatic heterocycles. The van der Waals surface area contributed by atoms with Gasteiger partial charge in [-0.05, 0) is 17.7 Å². The van der Waals surface area contributed by atoms with Crippen LogP contribution in [0.15, 0.2) is 66.9 Å². The molecule has 0 atom stereocenters. The van der Waals surface area contributed by atoms with Crippen molar-refractivity contribution in [2.24, 2.45) is 0 Å². The molecule has 0 fully saturated rings. The lowest BCUT2D eigenvalue weighted by atomic mass is 9.97. The Hall–Kier alpha value is -3.54. The summed E-state index contributed by atoms with van der Waals surface area (Å²) in [6.45, 7) is 0. The minimum absolute atomic E-state index is 0.0941. The zero-order valence-electron chi connectivity index (χ0n) is 12.9. The molecule has 0 saturated heterocycles. The first-order chi connectivity index (χ1) is 12.1. The molecule has 4 rings (SSSR count). The second-order valence-electron chi connectivity index (χ2n) is 5.46. The van der Waals surface area contributed by atoms with Crippen LogP contribution in [0.2, 0.25) is 0 Å². The molecule has 2 heterocycles. The maximum atomic E-state index is 14.3. The van der Waals surface area contributed by atoms with Crippen LogP contribution < -0.4 is 0 Å². The van der Waals surface area contributed by atoms with Crippen molar-refractivity contribution in [2.75, 3.05) is 0 Å². The van der Waals surface area contributed by atoms with E-state index in [1.54, 1.807) is 30.5 Å². The van der Waals surface area contributed by atoms with Crippen LogP contribution in [0.4, 0.5) is 4.39 Å². The fourth-order valence-corrected chi connectivity index (χ4v) is 2.82. The number of benzene rings is 2. The number of fused-ring (bicyclic) bond motifs is 1. The molecule has 2 aromatic carbocycles. The fraction of sp³-hybridized carbons (Fsp3) is 0. The first kappa shape index (κ1) is 15.0. The summed E-state index contributed by atoms with van der Waals surface area (Å²) in [6, 6.07) is 17.0. The third-order valence-electron chi connectivity index (χ3n) is 3.94. The van der Waals surface area contributed by atoms with E-state index >= 15 is 0 Å². The van der Waals surface area contributed by atoms with Crippen LogP contribution in [0.1, 0.15) is 10.5 Å². The lowest BCUT2D eigenvalue weighted by Gasteiger charge is -2.11. The van der Waals surface area contributed by atoms with Gasteiger partial charge in [0.15, 0.2) is 11.3 Å². The van der Waals surface area contributed by atoms with Crippen LogP contribution in [0.3, 0.4) is 0 Å². The van der Waals surface area contributed by atoms with E-state index in [1.165, 1.54) is 16.6 Å². The van der Waals surface area contributed by atoms with E-state index in [2.05, 4.69) is 10.1 Å². The Balaban J connectivity index is 1.99. The van der Waals surface area contributed by atoms with Crippen molar-refractivity contribution in [1.29, 1.82) is 0 Å². The molecule has 1 N–H and O–H groups in total. The number of hydrogen-bond donors (Lipinski definition) is 1. The maximum Gasteiger partial charge on any atom is 0.356 e. The summed E-state index contributed by atoms with van der Waals surface area (Å²) in [5.74, 6) is -1.45. The van der Waals surface area contributed by atoms with Crippen LogP contribution in [-0.2, 0) is 0 Å². The molecule has 0 radical (unpaired) electrons. The first-order valence-electron chi connectivity index (χ1n) is 7.57. The Morgan fingerprint density at radius 2 is 1.64 bits per heavy atom. The molecule has 0 spiro atoms. The second-order valence-corrected chi connectivity index (χ2v) is 5.46. The summed E-state index contributed by atoms with van der Waals surface area (Å²) >= 11 is 0. The lowest BCUT2D eigenvalue weighted by molar-refractivity contribution is 0.0690. The number of aromatic nitrogens is 3. The third kappa shape index (κ3) is 2.53. The average molecular weight is 333 g/mol.